The van der Waals surface area contributed by atoms with Crippen molar-refractivity contribution in [3.05, 3.63) is 509 Å². The molecule has 0 saturated heterocycles. The summed E-state index contributed by atoms with van der Waals surface area (Å²) in [4.78, 5) is 49.9. The van der Waals surface area contributed by atoms with Crippen LogP contribution in [0, 0.1) is 41.5 Å². The van der Waals surface area contributed by atoms with Crippen LogP contribution in [0.3, 0.4) is 0 Å². The Kier molecular flexibility index (Phi) is 29.6. The third-order valence-electron chi connectivity index (χ3n) is 22.8. The van der Waals surface area contributed by atoms with Crippen LogP contribution in [0.1, 0.15) is 33.4 Å². The number of benzene rings is 15. The van der Waals surface area contributed by atoms with Crippen molar-refractivity contribution >= 4 is 0 Å². The second-order valence-electron chi connectivity index (χ2n) is 31.6. The number of hydrogen-bond donors (Lipinski definition) is 0. The van der Waals surface area contributed by atoms with E-state index in [0.717, 1.165) is 67.5 Å². The van der Waals surface area contributed by atoms with E-state index in [1.807, 2.05) is 49.1 Å². The normalized spacial score (nSPS) is 10.5. The minimum absolute atomic E-state index is 0.751. The maximum atomic E-state index is 4.32. The van der Waals surface area contributed by atoms with E-state index < -0.39 is 0 Å². The number of hydrogen-bond acceptors (Lipinski definition) is 12. The van der Waals surface area contributed by atoms with Gasteiger partial charge in [0.15, 0.2) is 11.6 Å². The largest absolute Gasteiger partial charge is 0.245 e. The predicted octanol–water partition coefficient (Wildman–Crippen LogP) is 29.7. The molecule has 12 heteroatoms. The number of rotatable bonds is 15. The lowest BCUT2D eigenvalue weighted by Gasteiger charge is -2.14. The summed E-state index contributed by atoms with van der Waals surface area (Å²) in [6.07, 6.45) is 24.2. The Morgan fingerprint density at radius 1 is 0.136 bits per heavy atom. The monoisotopic (exact) mass is 1700 g/mol. The standard InChI is InChI=1S/3C23H18N2.3C17H14N2/c1-17-7-5-10-21(22(17)19-8-3-2-4-9-19)18-11-13-20(14-12-18)23-24-15-6-16-25-23;1-17-6-5-9-22(23(17)20-7-3-2-4-8-20)19-12-10-18(11-13-19)21-14-24-16-25-15-21;1-17-6-5-9-21(23(17)20-7-3-2-4-8-20)18-10-12-19(13-11-18)22-14-15-24-16-25-22;1-13-5-2-3-6-16(13)14-7-9-15(10-8-14)17-18-11-4-12-19-17;1-13-4-2-3-5-17(13)15-8-6-14(7-9-15)16-10-18-12-19-11-16;1-13-4-2-3-5-16(13)14-6-8-15(9-7-14)17-10-11-18-12-19-17/h3*2-16H,1H3;3*2-12H,1H3. The molecule has 0 bridgehead atoms. The predicted molar refractivity (Wildman–Crippen MR) is 542 cm³/mol. The first-order chi connectivity index (χ1) is 65.0. The Hall–Kier alpha value is -17.2. The average molecular weight is 1710 g/mol. The Morgan fingerprint density at radius 3 is 0.644 bits per heavy atom. The molecule has 0 aliphatic carbocycles. The molecule has 21 rings (SSSR count). The van der Waals surface area contributed by atoms with Crippen LogP contribution in [-0.4, -0.2) is 59.8 Å². The smallest absolute Gasteiger partial charge is 0.159 e. The van der Waals surface area contributed by atoms with Crippen molar-refractivity contribution in [2.75, 3.05) is 0 Å². The molecule has 636 valence electrons. The highest BCUT2D eigenvalue weighted by Gasteiger charge is 2.16. The highest BCUT2D eigenvalue weighted by atomic mass is 14.9. The van der Waals surface area contributed by atoms with Gasteiger partial charge in [-0.3, -0.25) is 0 Å². The molecule has 0 aliphatic heterocycles. The molecule has 0 amide bonds. The van der Waals surface area contributed by atoms with Crippen LogP contribution in [0.15, 0.2) is 476 Å². The Labute approximate surface area is 772 Å². The van der Waals surface area contributed by atoms with Crippen molar-refractivity contribution in [3.63, 3.8) is 0 Å². The van der Waals surface area contributed by atoms with Gasteiger partial charge < -0.3 is 0 Å². The van der Waals surface area contributed by atoms with E-state index in [0.29, 0.717) is 0 Å². The van der Waals surface area contributed by atoms with Crippen LogP contribution in [0.4, 0.5) is 0 Å². The van der Waals surface area contributed by atoms with E-state index >= 15 is 0 Å². The molecule has 132 heavy (non-hydrogen) atoms. The first kappa shape index (κ1) is 88.2. The highest BCUT2D eigenvalue weighted by molar-refractivity contribution is 5.90. The molecule has 0 atom stereocenters. The summed E-state index contributed by atoms with van der Waals surface area (Å²) in [5, 5.41) is 0. The van der Waals surface area contributed by atoms with Gasteiger partial charge in [0.1, 0.15) is 25.3 Å². The van der Waals surface area contributed by atoms with Crippen molar-refractivity contribution < 1.29 is 0 Å². The van der Waals surface area contributed by atoms with E-state index in [4.69, 9.17) is 0 Å². The van der Waals surface area contributed by atoms with E-state index in [2.05, 4.69) is 465 Å². The van der Waals surface area contributed by atoms with Crippen molar-refractivity contribution in [3.8, 4) is 168 Å². The summed E-state index contributed by atoms with van der Waals surface area (Å²) in [7, 11) is 0. The lowest BCUT2D eigenvalue weighted by molar-refractivity contribution is 1.17. The van der Waals surface area contributed by atoms with Crippen LogP contribution in [0.5, 0.6) is 0 Å². The Morgan fingerprint density at radius 2 is 0.371 bits per heavy atom. The van der Waals surface area contributed by atoms with Gasteiger partial charge in [0.05, 0.1) is 11.4 Å². The lowest BCUT2D eigenvalue weighted by Crippen LogP contribution is -1.90. The molecule has 0 aliphatic rings. The molecule has 0 unspecified atom stereocenters. The quantitative estimate of drug-likeness (QED) is 0.0959. The van der Waals surface area contributed by atoms with Crippen molar-refractivity contribution in [2.45, 2.75) is 41.5 Å². The molecular formula is C120H96N12. The number of nitrogens with zero attached hydrogens (tertiary/aromatic N) is 12. The first-order valence-corrected chi connectivity index (χ1v) is 43.8. The van der Waals surface area contributed by atoms with Crippen LogP contribution in [0.25, 0.3) is 168 Å². The zero-order valence-electron chi connectivity index (χ0n) is 74.4. The van der Waals surface area contributed by atoms with Crippen molar-refractivity contribution in [2.24, 2.45) is 0 Å². The van der Waals surface area contributed by atoms with Gasteiger partial charge in [-0.05, 0) is 210 Å². The molecule has 0 saturated carbocycles. The van der Waals surface area contributed by atoms with Gasteiger partial charge in [0, 0.05) is 95.3 Å². The van der Waals surface area contributed by atoms with Crippen molar-refractivity contribution in [1.82, 2.24) is 59.8 Å². The molecule has 0 radical (unpaired) electrons. The van der Waals surface area contributed by atoms with Gasteiger partial charge in [0.2, 0.25) is 0 Å². The maximum absolute atomic E-state index is 4.32. The van der Waals surface area contributed by atoms with Gasteiger partial charge in [-0.1, -0.05) is 364 Å². The summed E-state index contributed by atoms with van der Waals surface area (Å²) >= 11 is 0. The first-order valence-electron chi connectivity index (χ1n) is 43.8. The van der Waals surface area contributed by atoms with Crippen LogP contribution < -0.4 is 0 Å². The van der Waals surface area contributed by atoms with E-state index in [9.17, 15) is 0 Å². The summed E-state index contributed by atoms with van der Waals surface area (Å²) in [6.45, 7) is 12.9. The van der Waals surface area contributed by atoms with E-state index in [1.165, 1.54) is 134 Å². The van der Waals surface area contributed by atoms with Gasteiger partial charge in [-0.15, -0.1) is 0 Å². The third-order valence-corrected chi connectivity index (χ3v) is 22.8. The molecule has 0 N–H and O–H groups in total. The molecule has 0 spiro atoms. The summed E-state index contributed by atoms with van der Waals surface area (Å²) in [5.41, 5.74) is 40.7. The summed E-state index contributed by atoms with van der Waals surface area (Å²) < 4.78 is 0. The highest BCUT2D eigenvalue weighted by Crippen LogP contribution is 2.40. The molecule has 0 fully saturated rings. The van der Waals surface area contributed by atoms with E-state index in [1.54, 1.807) is 62.5 Å². The van der Waals surface area contributed by atoms with Crippen LogP contribution >= 0.6 is 0 Å². The van der Waals surface area contributed by atoms with E-state index in [-0.39, 0.29) is 0 Å². The Bertz CT molecular complexity index is 6500. The van der Waals surface area contributed by atoms with Gasteiger partial charge in [0.25, 0.3) is 0 Å². The van der Waals surface area contributed by atoms with Crippen molar-refractivity contribution in [1.29, 1.82) is 0 Å². The fourth-order valence-electron chi connectivity index (χ4n) is 16.0. The fraction of sp³-hybridized carbons (Fsp3) is 0.0500. The van der Waals surface area contributed by atoms with Gasteiger partial charge in [-0.25, -0.2) is 59.8 Å². The second-order valence-corrected chi connectivity index (χ2v) is 31.6. The average Bonchev–Trinajstić information content (AvgIpc) is 0.799. The van der Waals surface area contributed by atoms with Gasteiger partial charge in [-0.2, -0.15) is 0 Å². The molecular weight excluding hydrogens is 1610 g/mol. The van der Waals surface area contributed by atoms with Crippen LogP contribution in [-0.2, 0) is 0 Å². The lowest BCUT2D eigenvalue weighted by atomic mass is 9.90. The number of aromatic nitrogens is 12. The minimum Gasteiger partial charge on any atom is -0.245 e. The maximum Gasteiger partial charge on any atom is 0.159 e. The molecule has 12 nitrogen and oxygen atoms in total. The van der Waals surface area contributed by atoms with Crippen LogP contribution in [0.2, 0.25) is 0 Å². The molecule has 6 aromatic heterocycles. The number of aryl methyl sites for hydroxylation is 6. The van der Waals surface area contributed by atoms with Gasteiger partial charge >= 0.3 is 0 Å². The zero-order chi connectivity index (χ0) is 90.4. The molecule has 21 aromatic rings. The topological polar surface area (TPSA) is 155 Å². The zero-order valence-corrected chi connectivity index (χ0v) is 74.4. The molecule has 15 aromatic carbocycles. The second kappa shape index (κ2) is 44.3. The SMILES string of the molecule is Cc1cccc(-c2ccc(-c3ccncn3)cc2)c1-c1ccccc1.Cc1cccc(-c2ccc(-c3cncnc3)cc2)c1-c1ccccc1.Cc1cccc(-c2ccc(-c3ncccn3)cc2)c1-c1ccccc1.Cc1ccccc1-c1ccc(-c2ccncn2)cc1.Cc1ccccc1-c1ccc(-c2cncnc2)cc1.Cc1ccccc1-c1ccc(-c2ncccn2)cc1. The summed E-state index contributed by atoms with van der Waals surface area (Å²) in [5.74, 6) is 1.51. The molecule has 6 heterocycles. The summed E-state index contributed by atoms with van der Waals surface area (Å²) in [6, 6.07) is 135. The minimum atomic E-state index is 0.751. The fourth-order valence-corrected chi connectivity index (χ4v) is 16.0. The Balaban J connectivity index is 0.000000116. The third kappa shape index (κ3) is 22.6.